The van der Waals surface area contributed by atoms with Crippen molar-refractivity contribution in [2.24, 2.45) is 5.16 Å². The summed E-state index contributed by atoms with van der Waals surface area (Å²) in [5, 5.41) is 3.81. The summed E-state index contributed by atoms with van der Waals surface area (Å²) < 4.78 is 4.61. The maximum atomic E-state index is 4.61. The Balaban J connectivity index is 3.31. The molecule has 0 aromatic carbocycles. The van der Waals surface area contributed by atoms with Crippen LogP contribution in [0.3, 0.4) is 0 Å². The van der Waals surface area contributed by atoms with E-state index in [-0.39, 0.29) is 0 Å². The highest BCUT2D eigenvalue weighted by atomic mass is 127. The van der Waals surface area contributed by atoms with Crippen LogP contribution in [0.15, 0.2) is 5.16 Å². The first kappa shape index (κ1) is 11.2. The number of nitrogens with zero attached hydrogens (tertiary/aromatic N) is 2. The molecule has 0 bridgehead atoms. The highest BCUT2D eigenvalue weighted by Crippen LogP contribution is 1.96. The van der Waals surface area contributed by atoms with Crippen molar-refractivity contribution in [3.05, 3.63) is 0 Å². The van der Waals surface area contributed by atoms with Crippen molar-refractivity contribution < 1.29 is 3.17 Å². The fraction of sp³-hybridized carbons (Fsp3) is 0.857. The Hall–Kier alpha value is 0.160. The molecule has 0 amide bonds. The molecule has 0 saturated heterocycles. The first-order valence-electron chi connectivity index (χ1n) is 3.62. The Kier molecular flexibility index (Phi) is 6.94. The molecular formula is C7H15IN2O. The van der Waals surface area contributed by atoms with Gasteiger partial charge in [0.1, 0.15) is 0 Å². The summed E-state index contributed by atoms with van der Waals surface area (Å²) in [6.07, 6.45) is 2.16. The van der Waals surface area contributed by atoms with E-state index >= 15 is 0 Å². The third-order valence-corrected chi connectivity index (χ3v) is 1.53. The van der Waals surface area contributed by atoms with Crippen molar-refractivity contribution >= 4 is 28.7 Å². The number of hydrogen-bond acceptors (Lipinski definition) is 3. The van der Waals surface area contributed by atoms with Gasteiger partial charge >= 0.3 is 0 Å². The molecule has 0 aliphatic rings. The summed E-state index contributed by atoms with van der Waals surface area (Å²) in [5.41, 5.74) is 1.06. The highest BCUT2D eigenvalue weighted by molar-refractivity contribution is 14.1. The Bertz CT molecular complexity index is 126. The van der Waals surface area contributed by atoms with Crippen LogP contribution >= 0.6 is 23.0 Å². The van der Waals surface area contributed by atoms with Crippen molar-refractivity contribution in [3.8, 4) is 0 Å². The van der Waals surface area contributed by atoms with Gasteiger partial charge < -0.3 is 8.07 Å². The maximum Gasteiger partial charge on any atom is 0.230 e. The standard InChI is InChI=1S/C7H15IN2O/c1-7(9-11-8)5-4-6-10(2)3/h4-6H2,1-3H3/b9-7-. The summed E-state index contributed by atoms with van der Waals surface area (Å²) in [7, 11) is 4.14. The first-order chi connectivity index (χ1) is 5.16. The second-order valence-electron chi connectivity index (χ2n) is 2.80. The Morgan fingerprint density at radius 2 is 2.18 bits per heavy atom. The molecule has 0 aliphatic carbocycles. The van der Waals surface area contributed by atoms with Gasteiger partial charge in [-0.2, -0.15) is 0 Å². The van der Waals surface area contributed by atoms with E-state index < -0.39 is 0 Å². The van der Waals surface area contributed by atoms with Crippen molar-refractivity contribution in [2.45, 2.75) is 19.8 Å². The molecule has 11 heavy (non-hydrogen) atoms. The molecule has 0 spiro atoms. The quantitative estimate of drug-likeness (QED) is 0.434. The topological polar surface area (TPSA) is 24.8 Å². The van der Waals surface area contributed by atoms with E-state index in [1.54, 1.807) is 23.0 Å². The van der Waals surface area contributed by atoms with Gasteiger partial charge in [-0.3, -0.25) is 0 Å². The molecule has 0 rings (SSSR count). The zero-order valence-corrected chi connectivity index (χ0v) is 9.46. The molecule has 4 heteroatoms. The second kappa shape index (κ2) is 6.84. The maximum absolute atomic E-state index is 4.61. The first-order valence-corrected chi connectivity index (χ1v) is 4.51. The minimum absolute atomic E-state index is 1.02. The third-order valence-electron chi connectivity index (χ3n) is 1.33. The van der Waals surface area contributed by atoms with Crippen molar-refractivity contribution in [1.82, 2.24) is 4.90 Å². The van der Waals surface area contributed by atoms with E-state index in [9.17, 15) is 0 Å². The van der Waals surface area contributed by atoms with Crippen LogP contribution < -0.4 is 0 Å². The number of rotatable bonds is 5. The van der Waals surface area contributed by atoms with E-state index in [1.165, 1.54) is 0 Å². The summed E-state index contributed by atoms with van der Waals surface area (Å²) in [4.78, 5) is 2.16. The van der Waals surface area contributed by atoms with E-state index in [4.69, 9.17) is 0 Å². The molecule has 0 unspecified atom stereocenters. The molecular weight excluding hydrogens is 255 g/mol. The lowest BCUT2D eigenvalue weighted by atomic mass is 10.2. The zero-order valence-electron chi connectivity index (χ0n) is 7.30. The molecule has 66 valence electrons. The predicted molar refractivity (Wildman–Crippen MR) is 56.0 cm³/mol. The van der Waals surface area contributed by atoms with Gasteiger partial charge in [0.05, 0.1) is 5.71 Å². The SMILES string of the molecule is C/C(CCCN(C)C)=N/OI. The van der Waals surface area contributed by atoms with Crippen LogP contribution in [0.25, 0.3) is 0 Å². The minimum atomic E-state index is 1.02. The van der Waals surface area contributed by atoms with Crippen molar-refractivity contribution in [3.63, 3.8) is 0 Å². The summed E-state index contributed by atoms with van der Waals surface area (Å²) in [6, 6.07) is 0. The predicted octanol–water partition coefficient (Wildman–Crippen LogP) is 2.07. The third kappa shape index (κ3) is 8.06. The van der Waals surface area contributed by atoms with Gasteiger partial charge in [0, 0.05) is 0 Å². The normalized spacial score (nSPS) is 12.3. The van der Waals surface area contributed by atoms with Gasteiger partial charge in [-0.25, -0.2) is 0 Å². The van der Waals surface area contributed by atoms with E-state index in [0.29, 0.717) is 0 Å². The average Bonchev–Trinajstić information content (AvgIpc) is 1.87. The monoisotopic (exact) mass is 270 g/mol. The highest BCUT2D eigenvalue weighted by Gasteiger charge is 1.93. The fourth-order valence-electron chi connectivity index (χ4n) is 0.756. The largest absolute Gasteiger partial charge is 0.327 e. The number of oxime groups is 1. The lowest BCUT2D eigenvalue weighted by molar-refractivity contribution is 0.401. The molecule has 3 nitrogen and oxygen atoms in total. The minimum Gasteiger partial charge on any atom is -0.327 e. The van der Waals surface area contributed by atoms with Gasteiger partial charge in [-0.15, -0.1) is 0 Å². The fourth-order valence-corrected chi connectivity index (χ4v) is 1.09. The molecule has 0 aromatic rings. The molecule has 0 saturated carbocycles. The molecule has 0 atom stereocenters. The van der Waals surface area contributed by atoms with Crippen LogP contribution in [0.1, 0.15) is 19.8 Å². The molecule has 0 N–H and O–H groups in total. The smallest absolute Gasteiger partial charge is 0.230 e. The Morgan fingerprint density at radius 3 is 2.64 bits per heavy atom. The molecule has 0 heterocycles. The number of hydrogen-bond donors (Lipinski definition) is 0. The van der Waals surface area contributed by atoms with E-state index in [0.717, 1.165) is 25.1 Å². The Morgan fingerprint density at radius 1 is 1.55 bits per heavy atom. The van der Waals surface area contributed by atoms with Crippen LogP contribution in [0.5, 0.6) is 0 Å². The summed E-state index contributed by atoms with van der Waals surface area (Å²) in [5.74, 6) is 0. The van der Waals surface area contributed by atoms with Crippen molar-refractivity contribution in [2.75, 3.05) is 20.6 Å². The molecule has 0 radical (unpaired) electrons. The lowest BCUT2D eigenvalue weighted by Gasteiger charge is -2.07. The van der Waals surface area contributed by atoms with Crippen LogP contribution in [-0.2, 0) is 3.17 Å². The summed E-state index contributed by atoms with van der Waals surface area (Å²) >= 11 is 1.77. The van der Waals surface area contributed by atoms with E-state index in [2.05, 4.69) is 27.3 Å². The molecule has 0 fully saturated rings. The van der Waals surface area contributed by atoms with Gasteiger partial charge in [-0.05, 0) is 40.4 Å². The van der Waals surface area contributed by atoms with Crippen LogP contribution in [0, 0.1) is 0 Å². The van der Waals surface area contributed by atoms with Gasteiger partial charge in [0.2, 0.25) is 23.0 Å². The van der Waals surface area contributed by atoms with Crippen molar-refractivity contribution in [1.29, 1.82) is 0 Å². The van der Waals surface area contributed by atoms with Crippen LogP contribution in [-0.4, -0.2) is 31.3 Å². The van der Waals surface area contributed by atoms with E-state index in [1.807, 2.05) is 6.92 Å². The van der Waals surface area contributed by atoms with Crippen LogP contribution in [0.2, 0.25) is 0 Å². The zero-order chi connectivity index (χ0) is 8.69. The molecule has 0 aromatic heterocycles. The molecule has 0 aliphatic heterocycles. The Labute approximate surface area is 82.5 Å². The summed E-state index contributed by atoms with van der Waals surface area (Å²) in [6.45, 7) is 3.09. The average molecular weight is 270 g/mol. The second-order valence-corrected chi connectivity index (χ2v) is 3.20. The van der Waals surface area contributed by atoms with Gasteiger partial charge in [0.15, 0.2) is 0 Å². The van der Waals surface area contributed by atoms with Crippen LogP contribution in [0.4, 0.5) is 0 Å². The van der Waals surface area contributed by atoms with Gasteiger partial charge in [-0.1, -0.05) is 5.16 Å². The van der Waals surface area contributed by atoms with Gasteiger partial charge in [0.25, 0.3) is 0 Å². The number of halogens is 1. The lowest BCUT2D eigenvalue weighted by Crippen LogP contribution is -2.13.